The standard InChI is InChI=1S/C15H24N4O2/c1-12-11-19(8-7-18(12)2)9-10-21-14-5-3-13(4-6-14)15(16)17-20/h3-6,12,20H,7-11H2,1-2H3,(H2,16,17). The summed E-state index contributed by atoms with van der Waals surface area (Å²) in [6.07, 6.45) is 0. The van der Waals surface area contributed by atoms with Gasteiger partial charge in [0, 0.05) is 37.8 Å². The van der Waals surface area contributed by atoms with E-state index in [2.05, 4.69) is 28.9 Å². The van der Waals surface area contributed by atoms with E-state index in [1.165, 1.54) is 0 Å². The molecule has 1 aromatic rings. The number of benzene rings is 1. The summed E-state index contributed by atoms with van der Waals surface area (Å²) in [6, 6.07) is 7.82. The van der Waals surface area contributed by atoms with Gasteiger partial charge in [0.1, 0.15) is 12.4 Å². The molecule has 0 spiro atoms. The first-order valence-corrected chi connectivity index (χ1v) is 7.23. The van der Waals surface area contributed by atoms with Crippen LogP contribution < -0.4 is 10.5 Å². The van der Waals surface area contributed by atoms with E-state index in [0.29, 0.717) is 18.2 Å². The lowest BCUT2D eigenvalue weighted by Crippen LogP contribution is -2.50. The molecule has 21 heavy (non-hydrogen) atoms. The summed E-state index contributed by atoms with van der Waals surface area (Å²) < 4.78 is 5.74. The normalized spacial score (nSPS) is 21.4. The molecular formula is C15H24N4O2. The maximum Gasteiger partial charge on any atom is 0.170 e. The molecule has 1 fully saturated rings. The molecule has 2 rings (SSSR count). The van der Waals surface area contributed by atoms with E-state index in [9.17, 15) is 0 Å². The lowest BCUT2D eigenvalue weighted by atomic mass is 10.2. The van der Waals surface area contributed by atoms with Crippen LogP contribution in [0.15, 0.2) is 29.4 Å². The van der Waals surface area contributed by atoms with Gasteiger partial charge in [0.15, 0.2) is 5.84 Å². The smallest absolute Gasteiger partial charge is 0.170 e. The largest absolute Gasteiger partial charge is 0.492 e. The predicted octanol–water partition coefficient (Wildman–Crippen LogP) is 0.796. The van der Waals surface area contributed by atoms with Gasteiger partial charge in [-0.2, -0.15) is 0 Å². The molecule has 1 saturated heterocycles. The van der Waals surface area contributed by atoms with Crippen molar-refractivity contribution in [2.24, 2.45) is 10.9 Å². The van der Waals surface area contributed by atoms with Crippen LogP contribution in [0.1, 0.15) is 12.5 Å². The highest BCUT2D eigenvalue weighted by Gasteiger charge is 2.19. The minimum Gasteiger partial charge on any atom is -0.492 e. The minimum absolute atomic E-state index is 0.105. The Morgan fingerprint density at radius 2 is 2.10 bits per heavy atom. The molecule has 1 aliphatic heterocycles. The lowest BCUT2D eigenvalue weighted by molar-refractivity contribution is 0.0928. The maximum atomic E-state index is 8.61. The summed E-state index contributed by atoms with van der Waals surface area (Å²) in [6.45, 7) is 7.13. The average molecular weight is 292 g/mol. The van der Waals surface area contributed by atoms with Crippen molar-refractivity contribution in [2.45, 2.75) is 13.0 Å². The van der Waals surface area contributed by atoms with Crippen LogP contribution in [0.25, 0.3) is 0 Å². The van der Waals surface area contributed by atoms with E-state index in [0.717, 1.165) is 31.9 Å². The maximum absolute atomic E-state index is 8.61. The van der Waals surface area contributed by atoms with Crippen molar-refractivity contribution in [1.82, 2.24) is 9.80 Å². The second kappa shape index (κ2) is 7.28. The van der Waals surface area contributed by atoms with E-state index in [4.69, 9.17) is 15.7 Å². The number of hydrogen-bond donors (Lipinski definition) is 2. The number of rotatable bonds is 5. The number of ether oxygens (including phenoxy) is 1. The van der Waals surface area contributed by atoms with Gasteiger partial charge >= 0.3 is 0 Å². The van der Waals surface area contributed by atoms with Crippen LogP contribution in [0, 0.1) is 0 Å². The minimum atomic E-state index is 0.105. The Bertz CT molecular complexity index is 475. The highest BCUT2D eigenvalue weighted by atomic mass is 16.5. The van der Waals surface area contributed by atoms with Crippen molar-refractivity contribution >= 4 is 5.84 Å². The van der Waals surface area contributed by atoms with E-state index in [-0.39, 0.29) is 5.84 Å². The number of piperazine rings is 1. The highest BCUT2D eigenvalue weighted by molar-refractivity contribution is 5.97. The fourth-order valence-electron chi connectivity index (χ4n) is 2.40. The summed E-state index contributed by atoms with van der Waals surface area (Å²) in [4.78, 5) is 4.80. The van der Waals surface area contributed by atoms with E-state index in [1.54, 1.807) is 12.1 Å². The number of nitrogens with zero attached hydrogens (tertiary/aromatic N) is 3. The van der Waals surface area contributed by atoms with Gasteiger partial charge in [-0.3, -0.25) is 4.90 Å². The molecule has 0 saturated carbocycles. The zero-order chi connectivity index (χ0) is 15.2. The van der Waals surface area contributed by atoms with Gasteiger partial charge in [0.2, 0.25) is 0 Å². The van der Waals surface area contributed by atoms with Gasteiger partial charge in [-0.25, -0.2) is 0 Å². The molecule has 1 aromatic carbocycles. The number of nitrogens with two attached hydrogens (primary N) is 1. The molecule has 0 aliphatic carbocycles. The van der Waals surface area contributed by atoms with Gasteiger partial charge in [-0.15, -0.1) is 0 Å². The fraction of sp³-hybridized carbons (Fsp3) is 0.533. The van der Waals surface area contributed by atoms with Gasteiger partial charge in [-0.05, 0) is 38.2 Å². The Kier molecular flexibility index (Phi) is 5.41. The van der Waals surface area contributed by atoms with Crippen molar-refractivity contribution in [2.75, 3.05) is 39.8 Å². The van der Waals surface area contributed by atoms with Crippen LogP contribution in [0.4, 0.5) is 0 Å². The lowest BCUT2D eigenvalue weighted by Gasteiger charge is -2.37. The van der Waals surface area contributed by atoms with Crippen molar-refractivity contribution in [3.63, 3.8) is 0 Å². The van der Waals surface area contributed by atoms with Gasteiger partial charge < -0.3 is 20.6 Å². The summed E-state index contributed by atoms with van der Waals surface area (Å²) in [5.74, 6) is 0.902. The summed E-state index contributed by atoms with van der Waals surface area (Å²) in [5.41, 5.74) is 6.19. The SMILES string of the molecule is CC1CN(CCOc2ccc(C(N)=NO)cc2)CCN1C. The average Bonchev–Trinajstić information content (AvgIpc) is 2.51. The fourth-order valence-corrected chi connectivity index (χ4v) is 2.40. The zero-order valence-electron chi connectivity index (χ0n) is 12.7. The second-order valence-corrected chi connectivity index (χ2v) is 5.49. The Hall–Kier alpha value is -1.79. The van der Waals surface area contributed by atoms with Crippen LogP contribution in [-0.2, 0) is 0 Å². The third kappa shape index (κ3) is 4.34. The van der Waals surface area contributed by atoms with Gasteiger partial charge in [0.05, 0.1) is 0 Å². The number of likely N-dealkylation sites (N-methyl/N-ethyl adjacent to an activating group) is 1. The number of hydrogen-bond acceptors (Lipinski definition) is 5. The molecular weight excluding hydrogens is 268 g/mol. The Morgan fingerprint density at radius 3 is 2.71 bits per heavy atom. The van der Waals surface area contributed by atoms with Crippen LogP contribution in [0.3, 0.4) is 0 Å². The van der Waals surface area contributed by atoms with Gasteiger partial charge in [0.25, 0.3) is 0 Å². The second-order valence-electron chi connectivity index (χ2n) is 5.49. The Balaban J connectivity index is 1.76. The van der Waals surface area contributed by atoms with E-state index >= 15 is 0 Å². The number of oxime groups is 1. The Morgan fingerprint density at radius 1 is 1.38 bits per heavy atom. The molecule has 6 heteroatoms. The first-order valence-electron chi connectivity index (χ1n) is 7.23. The molecule has 116 valence electrons. The van der Waals surface area contributed by atoms with Gasteiger partial charge in [-0.1, -0.05) is 5.16 Å². The van der Waals surface area contributed by atoms with E-state index < -0.39 is 0 Å². The molecule has 6 nitrogen and oxygen atoms in total. The molecule has 0 radical (unpaired) electrons. The topological polar surface area (TPSA) is 74.3 Å². The Labute approximate surface area is 125 Å². The van der Waals surface area contributed by atoms with Crippen molar-refractivity contribution in [3.8, 4) is 5.75 Å². The third-order valence-corrected chi connectivity index (χ3v) is 3.98. The van der Waals surface area contributed by atoms with E-state index in [1.807, 2.05) is 12.1 Å². The molecule has 1 unspecified atom stereocenters. The zero-order valence-corrected chi connectivity index (χ0v) is 12.7. The first-order chi connectivity index (χ1) is 10.1. The number of amidine groups is 1. The van der Waals surface area contributed by atoms with Crippen molar-refractivity contribution in [3.05, 3.63) is 29.8 Å². The quantitative estimate of drug-likeness (QED) is 0.363. The van der Waals surface area contributed by atoms with Crippen LogP contribution in [0.5, 0.6) is 5.75 Å². The van der Waals surface area contributed by atoms with Crippen molar-refractivity contribution in [1.29, 1.82) is 0 Å². The molecule has 1 aliphatic rings. The highest BCUT2D eigenvalue weighted by Crippen LogP contribution is 2.12. The van der Waals surface area contributed by atoms with Crippen LogP contribution in [-0.4, -0.2) is 66.7 Å². The van der Waals surface area contributed by atoms with Crippen LogP contribution in [0.2, 0.25) is 0 Å². The first kappa shape index (κ1) is 15.6. The molecule has 3 N–H and O–H groups in total. The molecule has 0 bridgehead atoms. The predicted molar refractivity (Wildman–Crippen MR) is 83.0 cm³/mol. The monoisotopic (exact) mass is 292 g/mol. The molecule has 0 amide bonds. The molecule has 1 atom stereocenters. The molecule has 0 aromatic heterocycles. The van der Waals surface area contributed by atoms with Crippen molar-refractivity contribution < 1.29 is 9.94 Å². The van der Waals surface area contributed by atoms with Crippen LogP contribution >= 0.6 is 0 Å². The summed E-state index contributed by atoms with van der Waals surface area (Å²) in [5, 5.41) is 11.6. The summed E-state index contributed by atoms with van der Waals surface area (Å²) in [7, 11) is 2.17. The third-order valence-electron chi connectivity index (χ3n) is 3.98. The summed E-state index contributed by atoms with van der Waals surface area (Å²) >= 11 is 0. The molecule has 1 heterocycles.